The highest BCUT2D eigenvalue weighted by Gasteiger charge is 2.02. The van der Waals surface area contributed by atoms with E-state index in [1.807, 2.05) is 19.2 Å². The van der Waals surface area contributed by atoms with Crippen LogP contribution in [0.4, 0.5) is 0 Å². The SMILES string of the molecule is CN[C@@H](C)Cc1cccc(OCCCCCC(=O)O)c1. The van der Waals surface area contributed by atoms with Crippen LogP contribution < -0.4 is 10.1 Å². The van der Waals surface area contributed by atoms with Crippen LogP contribution in [-0.2, 0) is 11.2 Å². The molecule has 0 unspecified atom stereocenters. The molecule has 0 aromatic heterocycles. The van der Waals surface area contributed by atoms with Crippen molar-refractivity contribution in [1.29, 1.82) is 0 Å². The molecule has 112 valence electrons. The average molecular weight is 279 g/mol. The van der Waals surface area contributed by atoms with Gasteiger partial charge in [-0.1, -0.05) is 12.1 Å². The van der Waals surface area contributed by atoms with E-state index in [1.165, 1.54) is 5.56 Å². The first-order valence-corrected chi connectivity index (χ1v) is 7.22. The summed E-state index contributed by atoms with van der Waals surface area (Å²) in [4.78, 5) is 10.4. The number of hydrogen-bond acceptors (Lipinski definition) is 3. The number of nitrogens with one attached hydrogen (secondary N) is 1. The summed E-state index contributed by atoms with van der Waals surface area (Å²) in [6.45, 7) is 2.79. The first-order chi connectivity index (χ1) is 9.61. The number of ether oxygens (including phenoxy) is 1. The van der Waals surface area contributed by atoms with Crippen LogP contribution in [0.25, 0.3) is 0 Å². The van der Waals surface area contributed by atoms with E-state index in [0.29, 0.717) is 12.6 Å². The Balaban J connectivity index is 2.26. The zero-order valence-corrected chi connectivity index (χ0v) is 12.4. The molecule has 2 N–H and O–H groups in total. The first-order valence-electron chi connectivity index (χ1n) is 7.22. The summed E-state index contributed by atoms with van der Waals surface area (Å²) in [6.07, 6.45) is 3.73. The summed E-state index contributed by atoms with van der Waals surface area (Å²) < 4.78 is 5.70. The number of aliphatic carboxylic acids is 1. The Morgan fingerprint density at radius 3 is 2.85 bits per heavy atom. The summed E-state index contributed by atoms with van der Waals surface area (Å²) in [6, 6.07) is 8.60. The first kappa shape index (κ1) is 16.5. The van der Waals surface area contributed by atoms with Crippen LogP contribution in [0.3, 0.4) is 0 Å². The van der Waals surface area contributed by atoms with Crippen molar-refractivity contribution in [2.45, 2.75) is 45.1 Å². The molecule has 0 bridgehead atoms. The lowest BCUT2D eigenvalue weighted by Gasteiger charge is -2.11. The third-order valence-corrected chi connectivity index (χ3v) is 3.24. The van der Waals surface area contributed by atoms with Crippen LogP contribution in [0.1, 0.15) is 38.2 Å². The monoisotopic (exact) mass is 279 g/mol. The standard InChI is InChI=1S/C16H25NO3/c1-13(17-2)11-14-7-6-8-15(12-14)20-10-5-3-4-9-16(18)19/h6-8,12-13,17H,3-5,9-11H2,1-2H3,(H,18,19)/t13-/m0/s1. The maximum Gasteiger partial charge on any atom is 0.303 e. The molecule has 0 aliphatic rings. The maximum atomic E-state index is 10.4. The Morgan fingerprint density at radius 2 is 2.15 bits per heavy atom. The second-order valence-corrected chi connectivity index (χ2v) is 5.09. The molecular formula is C16H25NO3. The van der Waals surface area contributed by atoms with E-state index >= 15 is 0 Å². The van der Waals surface area contributed by atoms with Gasteiger partial charge in [-0.2, -0.15) is 0 Å². The van der Waals surface area contributed by atoms with Crippen molar-refractivity contribution in [3.05, 3.63) is 29.8 Å². The molecule has 4 nitrogen and oxygen atoms in total. The fourth-order valence-corrected chi connectivity index (χ4v) is 1.96. The predicted molar refractivity (Wildman–Crippen MR) is 80.3 cm³/mol. The van der Waals surface area contributed by atoms with Crippen molar-refractivity contribution in [3.8, 4) is 5.75 Å². The number of carbonyl (C=O) groups is 1. The van der Waals surface area contributed by atoms with Gasteiger partial charge in [0.1, 0.15) is 5.75 Å². The van der Waals surface area contributed by atoms with E-state index in [2.05, 4.69) is 24.4 Å². The van der Waals surface area contributed by atoms with Gasteiger partial charge in [-0.3, -0.25) is 4.79 Å². The van der Waals surface area contributed by atoms with Gasteiger partial charge in [0.25, 0.3) is 0 Å². The minimum absolute atomic E-state index is 0.247. The van der Waals surface area contributed by atoms with E-state index in [1.54, 1.807) is 0 Å². The summed E-state index contributed by atoms with van der Waals surface area (Å²) in [7, 11) is 1.96. The third-order valence-electron chi connectivity index (χ3n) is 3.24. The lowest BCUT2D eigenvalue weighted by Crippen LogP contribution is -2.23. The van der Waals surface area contributed by atoms with Gasteiger partial charge in [-0.15, -0.1) is 0 Å². The number of carboxylic acids is 1. The fourth-order valence-electron chi connectivity index (χ4n) is 1.96. The third kappa shape index (κ3) is 7.14. The van der Waals surface area contributed by atoms with E-state index in [9.17, 15) is 4.79 Å². The van der Waals surface area contributed by atoms with Crippen LogP contribution in [0.2, 0.25) is 0 Å². The highest BCUT2D eigenvalue weighted by atomic mass is 16.5. The number of rotatable bonds is 10. The number of hydrogen-bond donors (Lipinski definition) is 2. The molecule has 0 aliphatic heterocycles. The van der Waals surface area contributed by atoms with Crippen LogP contribution in [-0.4, -0.2) is 30.8 Å². The lowest BCUT2D eigenvalue weighted by molar-refractivity contribution is -0.137. The molecule has 0 aliphatic carbocycles. The van der Waals surface area contributed by atoms with Gasteiger partial charge >= 0.3 is 5.97 Å². The highest BCUT2D eigenvalue weighted by molar-refractivity contribution is 5.66. The van der Waals surface area contributed by atoms with Gasteiger partial charge in [0.05, 0.1) is 6.61 Å². The number of likely N-dealkylation sites (N-methyl/N-ethyl adjacent to an activating group) is 1. The average Bonchev–Trinajstić information content (AvgIpc) is 2.42. The van der Waals surface area contributed by atoms with E-state index in [-0.39, 0.29) is 6.42 Å². The molecule has 1 atom stereocenters. The molecule has 1 aromatic carbocycles. The van der Waals surface area contributed by atoms with Crippen LogP contribution in [0.15, 0.2) is 24.3 Å². The van der Waals surface area contributed by atoms with Crippen molar-refractivity contribution < 1.29 is 14.6 Å². The van der Waals surface area contributed by atoms with E-state index < -0.39 is 5.97 Å². The molecule has 20 heavy (non-hydrogen) atoms. The molecule has 0 amide bonds. The van der Waals surface area contributed by atoms with Crippen LogP contribution >= 0.6 is 0 Å². The van der Waals surface area contributed by atoms with Gasteiger partial charge in [-0.05, 0) is 57.4 Å². The number of benzene rings is 1. The van der Waals surface area contributed by atoms with Crippen molar-refractivity contribution in [3.63, 3.8) is 0 Å². The molecule has 0 fully saturated rings. The van der Waals surface area contributed by atoms with Gasteiger partial charge in [-0.25, -0.2) is 0 Å². The molecule has 0 saturated heterocycles. The molecule has 1 rings (SSSR count). The van der Waals surface area contributed by atoms with Crippen LogP contribution in [0.5, 0.6) is 5.75 Å². The summed E-state index contributed by atoms with van der Waals surface area (Å²) in [5, 5.41) is 11.8. The van der Waals surface area contributed by atoms with Crippen molar-refractivity contribution in [2.75, 3.05) is 13.7 Å². The fraction of sp³-hybridized carbons (Fsp3) is 0.562. The smallest absolute Gasteiger partial charge is 0.303 e. The van der Waals surface area contributed by atoms with Gasteiger partial charge in [0.15, 0.2) is 0 Å². The summed E-state index contributed by atoms with van der Waals surface area (Å²) in [5.74, 6) is 0.168. The molecule has 0 radical (unpaired) electrons. The summed E-state index contributed by atoms with van der Waals surface area (Å²) >= 11 is 0. The Hall–Kier alpha value is -1.55. The molecule has 1 aromatic rings. The minimum Gasteiger partial charge on any atom is -0.494 e. The largest absolute Gasteiger partial charge is 0.494 e. The Labute approximate surface area is 121 Å². The highest BCUT2D eigenvalue weighted by Crippen LogP contribution is 2.15. The molecule has 0 spiro atoms. The molecular weight excluding hydrogens is 254 g/mol. The van der Waals surface area contributed by atoms with Gasteiger partial charge < -0.3 is 15.2 Å². The number of carboxylic acid groups (broad SMARTS) is 1. The van der Waals surface area contributed by atoms with Crippen molar-refractivity contribution in [2.24, 2.45) is 0 Å². The van der Waals surface area contributed by atoms with Crippen molar-refractivity contribution in [1.82, 2.24) is 5.32 Å². The Bertz CT molecular complexity index is 406. The second-order valence-electron chi connectivity index (χ2n) is 5.09. The topological polar surface area (TPSA) is 58.6 Å². The second kappa shape index (κ2) is 9.37. The van der Waals surface area contributed by atoms with E-state index in [0.717, 1.165) is 31.4 Å². The quantitative estimate of drug-likeness (QED) is 0.647. The number of unbranched alkanes of at least 4 members (excludes halogenated alkanes) is 2. The zero-order chi connectivity index (χ0) is 14.8. The van der Waals surface area contributed by atoms with Crippen LogP contribution in [0, 0.1) is 0 Å². The van der Waals surface area contributed by atoms with Crippen molar-refractivity contribution >= 4 is 5.97 Å². The Kier molecular flexibility index (Phi) is 7.73. The minimum atomic E-state index is -0.725. The Morgan fingerprint density at radius 1 is 1.35 bits per heavy atom. The van der Waals surface area contributed by atoms with E-state index in [4.69, 9.17) is 9.84 Å². The maximum absolute atomic E-state index is 10.4. The normalized spacial score (nSPS) is 12.1. The zero-order valence-electron chi connectivity index (χ0n) is 12.4. The molecule has 4 heteroatoms. The van der Waals surface area contributed by atoms with Gasteiger partial charge in [0, 0.05) is 12.5 Å². The molecule has 0 heterocycles. The summed E-state index contributed by atoms with van der Waals surface area (Å²) in [5.41, 5.74) is 1.26. The molecule has 0 saturated carbocycles. The van der Waals surface area contributed by atoms with Gasteiger partial charge in [0.2, 0.25) is 0 Å². The lowest BCUT2D eigenvalue weighted by atomic mass is 10.1. The predicted octanol–water partition coefficient (Wildman–Crippen LogP) is 2.86.